The van der Waals surface area contributed by atoms with E-state index in [4.69, 9.17) is 12.2 Å². The van der Waals surface area contributed by atoms with Crippen molar-refractivity contribution in [3.05, 3.63) is 35.9 Å². The minimum absolute atomic E-state index is 0.0755. The summed E-state index contributed by atoms with van der Waals surface area (Å²) in [5.74, 6) is 3.16. The first-order chi connectivity index (χ1) is 8.17. The number of hydrogen-bond acceptors (Lipinski definition) is 2. The van der Waals surface area contributed by atoms with E-state index in [9.17, 15) is 0 Å². The van der Waals surface area contributed by atoms with Gasteiger partial charge in [0.2, 0.25) is 0 Å². The van der Waals surface area contributed by atoms with Crippen LogP contribution in [0.2, 0.25) is 0 Å². The fourth-order valence-electron chi connectivity index (χ4n) is 1.98. The van der Waals surface area contributed by atoms with Crippen molar-refractivity contribution in [2.45, 2.75) is 38.3 Å². The monoisotopic (exact) mass is 230 g/mol. The zero-order chi connectivity index (χ0) is 12.7. The number of nitrogens with two attached hydrogens (primary N) is 1. The van der Waals surface area contributed by atoms with Crippen LogP contribution in [-0.4, -0.2) is 18.6 Å². The van der Waals surface area contributed by atoms with Crippen LogP contribution < -0.4 is 11.1 Å². The van der Waals surface area contributed by atoms with Gasteiger partial charge in [0.05, 0.1) is 6.04 Å². The van der Waals surface area contributed by atoms with Crippen LogP contribution in [0, 0.1) is 12.3 Å². The van der Waals surface area contributed by atoms with Gasteiger partial charge in [0.1, 0.15) is 0 Å². The molecule has 92 valence electrons. The highest BCUT2D eigenvalue weighted by Gasteiger charge is 2.14. The van der Waals surface area contributed by atoms with E-state index in [1.165, 1.54) is 5.56 Å². The Morgan fingerprint density at radius 2 is 1.94 bits per heavy atom. The maximum atomic E-state index is 5.77. The number of terminal acetylenes is 1. The Morgan fingerprint density at radius 3 is 2.47 bits per heavy atom. The van der Waals surface area contributed by atoms with Crippen LogP contribution in [0.4, 0.5) is 0 Å². The van der Waals surface area contributed by atoms with Gasteiger partial charge in [-0.05, 0) is 24.8 Å². The Morgan fingerprint density at radius 1 is 1.29 bits per heavy atom. The van der Waals surface area contributed by atoms with Gasteiger partial charge < -0.3 is 5.73 Å². The summed E-state index contributed by atoms with van der Waals surface area (Å²) in [6.45, 7) is 4.82. The Labute approximate surface area is 105 Å². The first-order valence-corrected chi connectivity index (χ1v) is 6.14. The van der Waals surface area contributed by atoms with E-state index in [1.807, 2.05) is 13.0 Å². The highest BCUT2D eigenvalue weighted by Crippen LogP contribution is 2.20. The van der Waals surface area contributed by atoms with Gasteiger partial charge in [-0.15, -0.1) is 6.42 Å². The molecule has 0 aromatic heterocycles. The first kappa shape index (κ1) is 13.8. The molecular weight excluding hydrogens is 208 g/mol. The third kappa shape index (κ3) is 4.60. The fraction of sp³-hybridized carbons (Fsp3) is 0.467. The predicted molar refractivity (Wildman–Crippen MR) is 73.7 cm³/mol. The van der Waals surface area contributed by atoms with Crippen molar-refractivity contribution in [2.75, 3.05) is 6.54 Å². The molecule has 1 rings (SSSR count). The van der Waals surface area contributed by atoms with Gasteiger partial charge in [-0.2, -0.15) is 0 Å². The first-order valence-electron chi connectivity index (χ1n) is 6.14. The molecule has 0 aliphatic carbocycles. The summed E-state index contributed by atoms with van der Waals surface area (Å²) in [6.07, 6.45) is 6.37. The summed E-state index contributed by atoms with van der Waals surface area (Å²) in [5.41, 5.74) is 7.12. The molecule has 0 bridgehead atoms. The molecule has 3 unspecified atom stereocenters. The number of hydrogen-bond donors (Lipinski definition) is 2. The van der Waals surface area contributed by atoms with Crippen molar-refractivity contribution < 1.29 is 0 Å². The van der Waals surface area contributed by atoms with Gasteiger partial charge in [-0.25, -0.2) is 0 Å². The van der Waals surface area contributed by atoms with Gasteiger partial charge in [0, 0.05) is 12.6 Å². The molecule has 3 atom stereocenters. The Balaban J connectivity index is 2.54. The van der Waals surface area contributed by atoms with E-state index in [1.54, 1.807) is 0 Å². The third-order valence-electron chi connectivity index (χ3n) is 3.03. The topological polar surface area (TPSA) is 38.0 Å². The third-order valence-corrected chi connectivity index (χ3v) is 3.03. The van der Waals surface area contributed by atoms with E-state index in [2.05, 4.69) is 42.4 Å². The maximum Gasteiger partial charge on any atom is 0.0660 e. The zero-order valence-electron chi connectivity index (χ0n) is 10.7. The van der Waals surface area contributed by atoms with Crippen molar-refractivity contribution in [1.82, 2.24) is 5.32 Å². The van der Waals surface area contributed by atoms with Crippen molar-refractivity contribution in [3.8, 4) is 12.3 Å². The molecule has 0 aliphatic heterocycles. The molecule has 2 heteroatoms. The fourth-order valence-corrected chi connectivity index (χ4v) is 1.98. The normalized spacial score (nSPS) is 15.9. The van der Waals surface area contributed by atoms with Gasteiger partial charge in [-0.1, -0.05) is 43.2 Å². The minimum Gasteiger partial charge on any atom is -0.329 e. The van der Waals surface area contributed by atoms with E-state index in [-0.39, 0.29) is 12.1 Å². The molecule has 0 radical (unpaired) electrons. The standard InChI is InChI=1S/C15H22N2/c1-4-13(3)17-15(11-16)10-12(2)14-8-6-5-7-9-14/h1,5-9,12-13,15,17H,10-11,16H2,2-3H3. The Hall–Kier alpha value is -1.30. The molecule has 2 nitrogen and oxygen atoms in total. The lowest BCUT2D eigenvalue weighted by molar-refractivity contribution is 0.442. The molecule has 0 spiro atoms. The van der Waals surface area contributed by atoms with Crippen LogP contribution in [0.25, 0.3) is 0 Å². The van der Waals surface area contributed by atoms with Crippen LogP contribution in [0.15, 0.2) is 30.3 Å². The van der Waals surface area contributed by atoms with Gasteiger partial charge in [0.25, 0.3) is 0 Å². The van der Waals surface area contributed by atoms with Gasteiger partial charge in [-0.3, -0.25) is 5.32 Å². The second-order valence-corrected chi connectivity index (χ2v) is 4.54. The second kappa shape index (κ2) is 7.11. The molecule has 1 aromatic rings. The van der Waals surface area contributed by atoms with E-state index < -0.39 is 0 Å². The quantitative estimate of drug-likeness (QED) is 0.735. The summed E-state index contributed by atoms with van der Waals surface area (Å²) < 4.78 is 0. The molecule has 1 aromatic carbocycles. The van der Waals surface area contributed by atoms with Crippen molar-refractivity contribution in [1.29, 1.82) is 0 Å². The predicted octanol–water partition coefficient (Wildman–Crippen LogP) is 2.12. The summed E-state index contributed by atoms with van der Waals surface area (Å²) in [7, 11) is 0. The lowest BCUT2D eigenvalue weighted by Crippen LogP contribution is -2.41. The number of nitrogens with one attached hydrogen (secondary N) is 1. The highest BCUT2D eigenvalue weighted by molar-refractivity contribution is 5.19. The lowest BCUT2D eigenvalue weighted by atomic mass is 9.93. The van der Waals surface area contributed by atoms with E-state index in [0.29, 0.717) is 12.5 Å². The van der Waals surface area contributed by atoms with Crippen molar-refractivity contribution in [2.24, 2.45) is 5.73 Å². The smallest absolute Gasteiger partial charge is 0.0660 e. The average molecular weight is 230 g/mol. The van der Waals surface area contributed by atoms with Crippen LogP contribution in [0.1, 0.15) is 31.7 Å². The molecule has 0 fully saturated rings. The second-order valence-electron chi connectivity index (χ2n) is 4.54. The SMILES string of the molecule is C#CC(C)NC(CN)CC(C)c1ccccc1. The molecule has 0 amide bonds. The highest BCUT2D eigenvalue weighted by atomic mass is 15.0. The number of rotatable bonds is 6. The van der Waals surface area contributed by atoms with Crippen LogP contribution >= 0.6 is 0 Å². The summed E-state index contributed by atoms with van der Waals surface area (Å²) in [5, 5.41) is 3.36. The Kier molecular flexibility index (Phi) is 5.76. The average Bonchev–Trinajstić information content (AvgIpc) is 2.38. The minimum atomic E-state index is 0.0755. The van der Waals surface area contributed by atoms with Crippen LogP contribution in [-0.2, 0) is 0 Å². The molecule has 0 saturated carbocycles. The zero-order valence-corrected chi connectivity index (χ0v) is 10.7. The maximum absolute atomic E-state index is 5.77. The lowest BCUT2D eigenvalue weighted by Gasteiger charge is -2.22. The molecule has 17 heavy (non-hydrogen) atoms. The van der Waals surface area contributed by atoms with Gasteiger partial charge in [0.15, 0.2) is 0 Å². The van der Waals surface area contributed by atoms with E-state index >= 15 is 0 Å². The van der Waals surface area contributed by atoms with Gasteiger partial charge >= 0.3 is 0 Å². The molecule has 0 aliphatic rings. The van der Waals surface area contributed by atoms with E-state index in [0.717, 1.165) is 6.42 Å². The summed E-state index contributed by atoms with van der Waals surface area (Å²) in [4.78, 5) is 0. The van der Waals surface area contributed by atoms with Crippen molar-refractivity contribution in [3.63, 3.8) is 0 Å². The number of benzene rings is 1. The molecule has 3 N–H and O–H groups in total. The molecule has 0 saturated heterocycles. The van der Waals surface area contributed by atoms with Crippen molar-refractivity contribution >= 4 is 0 Å². The largest absolute Gasteiger partial charge is 0.329 e. The van der Waals surface area contributed by atoms with Crippen LogP contribution in [0.5, 0.6) is 0 Å². The van der Waals surface area contributed by atoms with Crippen LogP contribution in [0.3, 0.4) is 0 Å². The molecule has 0 heterocycles. The molecular formula is C15H22N2. The summed E-state index contributed by atoms with van der Waals surface area (Å²) in [6, 6.07) is 10.8. The summed E-state index contributed by atoms with van der Waals surface area (Å²) >= 11 is 0. The Bertz CT molecular complexity index is 353.